The van der Waals surface area contributed by atoms with E-state index in [1.807, 2.05) is 78.9 Å². The Labute approximate surface area is 320 Å². The molecule has 0 fully saturated rings. The van der Waals surface area contributed by atoms with Crippen LogP contribution >= 0.6 is 0 Å². The molecule has 6 aromatic carbocycles. The van der Waals surface area contributed by atoms with Gasteiger partial charge in [0.25, 0.3) is 0 Å². The van der Waals surface area contributed by atoms with Crippen molar-refractivity contribution >= 4 is 39.0 Å². The standard InChI is InChI=1S/C46H33F3N4O3/c1-2-56-45(55)44-51-22-21-38(53-44)42-37(26-52-31-11-4-3-5-12-31)33-14-7-6-13-32(33)34-19-20-35-40(29-9-8-10-30(23-29)46(47,48)49)39(54)24-36(41(35)43(34)42)28-17-15-27(25-50)16-18-28/h3-23,36,40,52H,2,24,26H2,1H3. The van der Waals surface area contributed by atoms with Gasteiger partial charge in [0.15, 0.2) is 0 Å². The predicted octanol–water partition coefficient (Wildman–Crippen LogP) is 10.4. The molecule has 1 aliphatic rings. The van der Waals surface area contributed by atoms with Crippen molar-refractivity contribution in [1.82, 2.24) is 9.97 Å². The number of rotatable bonds is 8. The molecule has 0 amide bonds. The van der Waals surface area contributed by atoms with E-state index >= 15 is 0 Å². The Hall–Kier alpha value is -6.86. The van der Waals surface area contributed by atoms with Crippen LogP contribution in [0.2, 0.25) is 0 Å². The first-order valence-corrected chi connectivity index (χ1v) is 18.2. The lowest BCUT2D eigenvalue weighted by molar-refractivity contribution is -0.137. The van der Waals surface area contributed by atoms with Gasteiger partial charge in [-0.05, 0) is 92.7 Å². The molecule has 0 radical (unpaired) electrons. The van der Waals surface area contributed by atoms with E-state index in [1.54, 1.807) is 31.2 Å². The average molecular weight is 747 g/mol. The minimum absolute atomic E-state index is 0.0133. The first-order valence-electron chi connectivity index (χ1n) is 18.2. The summed E-state index contributed by atoms with van der Waals surface area (Å²) in [5, 5.41) is 16.6. The Morgan fingerprint density at radius 1 is 0.875 bits per heavy atom. The molecule has 1 aliphatic carbocycles. The van der Waals surface area contributed by atoms with Crippen molar-refractivity contribution in [3.05, 3.63) is 172 Å². The predicted molar refractivity (Wildman–Crippen MR) is 208 cm³/mol. The summed E-state index contributed by atoms with van der Waals surface area (Å²) in [6, 6.07) is 37.4. The van der Waals surface area contributed by atoms with E-state index in [0.717, 1.165) is 56.1 Å². The van der Waals surface area contributed by atoms with E-state index in [2.05, 4.69) is 16.4 Å². The van der Waals surface area contributed by atoms with Crippen LogP contribution in [-0.4, -0.2) is 28.3 Å². The van der Waals surface area contributed by atoms with Gasteiger partial charge in [0.1, 0.15) is 5.78 Å². The second-order valence-electron chi connectivity index (χ2n) is 13.6. The molecule has 2 atom stereocenters. The lowest BCUT2D eigenvalue weighted by Gasteiger charge is -2.34. The maximum absolute atomic E-state index is 14.4. The number of esters is 1. The van der Waals surface area contributed by atoms with Crippen LogP contribution in [0.1, 0.15) is 74.7 Å². The third kappa shape index (κ3) is 6.62. The number of hydrogen-bond acceptors (Lipinski definition) is 7. The number of halogens is 3. The number of ether oxygens (including phenoxy) is 1. The number of ketones is 1. The highest BCUT2D eigenvalue weighted by molar-refractivity contribution is 6.18. The molecule has 0 saturated heterocycles. The van der Waals surface area contributed by atoms with Crippen LogP contribution in [0.25, 0.3) is 32.8 Å². The zero-order chi connectivity index (χ0) is 39.0. The number of nitrogens with one attached hydrogen (secondary N) is 1. The average Bonchev–Trinajstić information content (AvgIpc) is 3.22. The Morgan fingerprint density at radius 2 is 1.62 bits per heavy atom. The van der Waals surface area contributed by atoms with E-state index in [-0.39, 0.29) is 30.2 Å². The second-order valence-corrected chi connectivity index (χ2v) is 13.6. The summed E-state index contributed by atoms with van der Waals surface area (Å²) < 4.78 is 47.6. The van der Waals surface area contributed by atoms with Gasteiger partial charge in [-0.3, -0.25) is 4.79 Å². The maximum atomic E-state index is 14.4. The summed E-state index contributed by atoms with van der Waals surface area (Å²) in [5.74, 6) is -2.59. The molecule has 1 heterocycles. The molecule has 7 nitrogen and oxygen atoms in total. The van der Waals surface area contributed by atoms with Gasteiger partial charge in [0.05, 0.1) is 35.4 Å². The number of aromatic nitrogens is 2. The lowest BCUT2D eigenvalue weighted by Crippen LogP contribution is -2.26. The highest BCUT2D eigenvalue weighted by atomic mass is 19.4. The van der Waals surface area contributed by atoms with E-state index in [1.165, 1.54) is 12.3 Å². The molecule has 2 unspecified atom stereocenters. The number of alkyl halides is 3. The minimum Gasteiger partial charge on any atom is -0.460 e. The third-order valence-corrected chi connectivity index (χ3v) is 10.4. The summed E-state index contributed by atoms with van der Waals surface area (Å²) >= 11 is 0. The molecule has 0 saturated carbocycles. The largest absolute Gasteiger partial charge is 0.460 e. The molecule has 0 spiro atoms. The Bertz CT molecular complexity index is 2690. The highest BCUT2D eigenvalue weighted by Gasteiger charge is 2.39. The fourth-order valence-corrected chi connectivity index (χ4v) is 7.96. The summed E-state index contributed by atoms with van der Waals surface area (Å²) in [6.45, 7) is 2.15. The van der Waals surface area contributed by atoms with Gasteiger partial charge < -0.3 is 10.1 Å². The van der Waals surface area contributed by atoms with Crippen molar-refractivity contribution < 1.29 is 27.5 Å². The quantitative estimate of drug-likeness (QED) is 0.122. The lowest BCUT2D eigenvalue weighted by atomic mass is 9.68. The van der Waals surface area contributed by atoms with E-state index in [4.69, 9.17) is 9.72 Å². The van der Waals surface area contributed by atoms with Crippen LogP contribution in [0.3, 0.4) is 0 Å². The van der Waals surface area contributed by atoms with Gasteiger partial charge in [-0.1, -0.05) is 84.9 Å². The smallest absolute Gasteiger partial charge is 0.416 e. The van der Waals surface area contributed by atoms with Crippen molar-refractivity contribution in [2.45, 2.75) is 37.9 Å². The van der Waals surface area contributed by atoms with Crippen LogP contribution in [-0.2, 0) is 22.3 Å². The summed E-state index contributed by atoms with van der Waals surface area (Å²) in [7, 11) is 0. The normalized spacial score (nSPS) is 15.3. The number of para-hydroxylation sites is 1. The van der Waals surface area contributed by atoms with Crippen molar-refractivity contribution in [3.63, 3.8) is 0 Å². The summed E-state index contributed by atoms with van der Waals surface area (Å²) in [5.41, 5.74) is 4.79. The number of carbonyl (C=O) groups excluding carboxylic acids is 2. The van der Waals surface area contributed by atoms with Crippen molar-refractivity contribution in [1.29, 1.82) is 5.26 Å². The first kappa shape index (κ1) is 36.1. The Kier molecular flexibility index (Phi) is 9.52. The van der Waals surface area contributed by atoms with E-state index in [9.17, 15) is 28.0 Å². The van der Waals surface area contributed by atoms with Crippen LogP contribution in [0.15, 0.2) is 128 Å². The number of benzene rings is 6. The molecule has 8 rings (SSSR count). The maximum Gasteiger partial charge on any atom is 0.416 e. The van der Waals surface area contributed by atoms with Crippen molar-refractivity contribution in [3.8, 4) is 17.3 Å². The van der Waals surface area contributed by atoms with Gasteiger partial charge in [-0.25, -0.2) is 14.8 Å². The molecule has 276 valence electrons. The summed E-state index contributed by atoms with van der Waals surface area (Å²) in [6.07, 6.45) is -3.12. The number of nitrogens with zero attached hydrogens (tertiary/aromatic N) is 3. The van der Waals surface area contributed by atoms with E-state index < -0.39 is 29.5 Å². The third-order valence-electron chi connectivity index (χ3n) is 10.4. The molecule has 1 aromatic heterocycles. The topological polar surface area (TPSA) is 105 Å². The van der Waals surface area contributed by atoms with Gasteiger partial charge in [-0.2, -0.15) is 18.4 Å². The van der Waals surface area contributed by atoms with Gasteiger partial charge >= 0.3 is 12.1 Å². The Balaban J connectivity index is 1.50. The monoisotopic (exact) mass is 746 g/mol. The van der Waals surface area contributed by atoms with Crippen LogP contribution in [0.4, 0.5) is 18.9 Å². The SMILES string of the molecule is CCOC(=O)c1nccc(-c2c(CNc3ccccc3)c3ccccc3c3ccc4c(c23)C(c2ccc(C#N)cc2)CC(=O)C4c2cccc(C(F)(F)F)c2)n1. The molecular weight excluding hydrogens is 714 g/mol. The minimum atomic E-state index is -4.61. The number of Topliss-reactive ketones (excluding diaryl/α,β-unsaturated/α-hetero) is 1. The molecule has 10 heteroatoms. The Morgan fingerprint density at radius 3 is 2.36 bits per heavy atom. The van der Waals surface area contributed by atoms with Gasteiger partial charge in [-0.15, -0.1) is 0 Å². The fourth-order valence-electron chi connectivity index (χ4n) is 7.96. The molecule has 56 heavy (non-hydrogen) atoms. The number of hydrogen-bond donors (Lipinski definition) is 1. The number of carbonyl (C=O) groups is 2. The molecule has 0 bridgehead atoms. The van der Waals surface area contributed by atoms with E-state index in [0.29, 0.717) is 28.9 Å². The zero-order valence-electron chi connectivity index (χ0n) is 30.1. The van der Waals surface area contributed by atoms with Crippen molar-refractivity contribution in [2.24, 2.45) is 0 Å². The van der Waals surface area contributed by atoms with Crippen LogP contribution < -0.4 is 5.32 Å². The second kappa shape index (κ2) is 14.8. The zero-order valence-corrected chi connectivity index (χ0v) is 30.1. The van der Waals surface area contributed by atoms with Crippen LogP contribution in [0.5, 0.6) is 0 Å². The number of nitriles is 1. The fraction of sp³-hybridized carbons (Fsp3) is 0.152. The first-order chi connectivity index (χ1) is 27.2. The number of fused-ring (bicyclic) bond motifs is 5. The van der Waals surface area contributed by atoms with Crippen molar-refractivity contribution in [2.75, 3.05) is 11.9 Å². The number of anilines is 1. The molecule has 0 aliphatic heterocycles. The molecule has 1 N–H and O–H groups in total. The van der Waals surface area contributed by atoms with Gasteiger partial charge in [0.2, 0.25) is 5.82 Å². The van der Waals surface area contributed by atoms with Crippen LogP contribution in [0, 0.1) is 11.3 Å². The molecular formula is C46H33F3N4O3. The van der Waals surface area contributed by atoms with Gasteiger partial charge in [0, 0.05) is 36.3 Å². The highest BCUT2D eigenvalue weighted by Crippen LogP contribution is 2.51. The summed E-state index contributed by atoms with van der Waals surface area (Å²) in [4.78, 5) is 36.5. The molecule has 7 aromatic rings.